The molecule has 1 unspecified atom stereocenters. The molecule has 1 saturated heterocycles. The SMILES string of the molecule is Nc1ccccc1NC(=O)C1CCC(=O)N1c1ccc(-c2noc(C(F)(F)F)n2)cc1. The molecule has 3 aromatic rings. The van der Waals surface area contributed by atoms with E-state index in [9.17, 15) is 22.8 Å². The summed E-state index contributed by atoms with van der Waals surface area (Å²) in [7, 11) is 0. The molecule has 8 nitrogen and oxygen atoms in total. The Morgan fingerprint density at radius 2 is 1.87 bits per heavy atom. The zero-order valence-corrected chi connectivity index (χ0v) is 15.9. The average Bonchev–Trinajstić information content (AvgIpc) is 3.37. The molecule has 160 valence electrons. The number of amides is 2. The number of para-hydroxylation sites is 2. The quantitative estimate of drug-likeness (QED) is 0.612. The van der Waals surface area contributed by atoms with Gasteiger partial charge in [0.2, 0.25) is 17.6 Å². The number of hydrogen-bond donors (Lipinski definition) is 2. The minimum absolute atomic E-state index is 0.184. The summed E-state index contributed by atoms with van der Waals surface area (Å²) in [4.78, 5) is 29.9. The summed E-state index contributed by atoms with van der Waals surface area (Å²) in [5.74, 6) is -2.31. The smallest absolute Gasteiger partial charge is 0.397 e. The van der Waals surface area contributed by atoms with E-state index in [2.05, 4.69) is 20.0 Å². The van der Waals surface area contributed by atoms with E-state index < -0.39 is 18.1 Å². The van der Waals surface area contributed by atoms with E-state index in [0.717, 1.165) is 0 Å². The van der Waals surface area contributed by atoms with Crippen LogP contribution >= 0.6 is 0 Å². The van der Waals surface area contributed by atoms with Crippen LogP contribution in [0.25, 0.3) is 11.4 Å². The maximum absolute atomic E-state index is 12.8. The summed E-state index contributed by atoms with van der Waals surface area (Å²) in [6, 6.07) is 12.0. The van der Waals surface area contributed by atoms with Gasteiger partial charge >= 0.3 is 12.1 Å². The van der Waals surface area contributed by atoms with Crippen LogP contribution in [0.3, 0.4) is 0 Å². The van der Waals surface area contributed by atoms with Gasteiger partial charge in [0, 0.05) is 17.7 Å². The van der Waals surface area contributed by atoms with Crippen LogP contribution in [-0.4, -0.2) is 28.0 Å². The lowest BCUT2D eigenvalue weighted by Gasteiger charge is -2.24. The second-order valence-electron chi connectivity index (χ2n) is 6.86. The molecule has 11 heteroatoms. The van der Waals surface area contributed by atoms with Gasteiger partial charge in [-0.05, 0) is 42.8 Å². The van der Waals surface area contributed by atoms with Gasteiger partial charge < -0.3 is 15.6 Å². The fourth-order valence-corrected chi connectivity index (χ4v) is 3.31. The number of anilines is 3. The van der Waals surface area contributed by atoms with Crippen molar-refractivity contribution >= 4 is 28.9 Å². The number of alkyl halides is 3. The van der Waals surface area contributed by atoms with Gasteiger partial charge in [-0.2, -0.15) is 18.2 Å². The Morgan fingerprint density at radius 3 is 2.52 bits per heavy atom. The Labute approximate surface area is 173 Å². The number of nitrogens with one attached hydrogen (secondary N) is 1. The Kier molecular flexibility index (Phi) is 5.09. The number of aromatic nitrogens is 2. The first-order valence-corrected chi connectivity index (χ1v) is 9.23. The zero-order valence-electron chi connectivity index (χ0n) is 15.9. The van der Waals surface area contributed by atoms with Crippen LogP contribution in [-0.2, 0) is 15.8 Å². The van der Waals surface area contributed by atoms with Gasteiger partial charge in [0.25, 0.3) is 0 Å². The first-order chi connectivity index (χ1) is 14.7. The van der Waals surface area contributed by atoms with Gasteiger partial charge in [0.15, 0.2) is 0 Å². The fraction of sp³-hybridized carbons (Fsp3) is 0.200. The normalized spacial score (nSPS) is 16.5. The summed E-state index contributed by atoms with van der Waals surface area (Å²) in [6.07, 6.45) is -4.24. The van der Waals surface area contributed by atoms with Crippen LogP contribution in [0, 0.1) is 0 Å². The van der Waals surface area contributed by atoms with Crippen molar-refractivity contribution in [3.8, 4) is 11.4 Å². The first kappa shape index (κ1) is 20.4. The van der Waals surface area contributed by atoms with Crippen molar-refractivity contribution in [1.29, 1.82) is 0 Å². The van der Waals surface area contributed by atoms with Gasteiger partial charge in [-0.25, -0.2) is 0 Å². The molecular weight excluding hydrogens is 415 g/mol. The molecule has 3 N–H and O–H groups in total. The molecule has 0 aliphatic carbocycles. The molecule has 0 saturated carbocycles. The largest absolute Gasteiger partial charge is 0.471 e. The molecule has 1 atom stereocenters. The number of halogens is 3. The highest BCUT2D eigenvalue weighted by atomic mass is 19.4. The number of nitrogen functional groups attached to an aromatic ring is 1. The zero-order chi connectivity index (χ0) is 22.2. The Hall–Kier alpha value is -3.89. The molecule has 0 radical (unpaired) electrons. The predicted octanol–water partition coefficient (Wildman–Crippen LogP) is 3.47. The van der Waals surface area contributed by atoms with Crippen LogP contribution in [0.2, 0.25) is 0 Å². The van der Waals surface area contributed by atoms with Gasteiger partial charge in [0.1, 0.15) is 6.04 Å². The van der Waals surface area contributed by atoms with Crippen LogP contribution in [0.4, 0.5) is 30.2 Å². The fourth-order valence-electron chi connectivity index (χ4n) is 3.31. The Bertz CT molecular complexity index is 1130. The number of carbonyl (C=O) groups is 2. The third-order valence-electron chi connectivity index (χ3n) is 4.81. The number of benzene rings is 2. The van der Waals surface area contributed by atoms with E-state index in [4.69, 9.17) is 5.73 Å². The van der Waals surface area contributed by atoms with Crippen molar-refractivity contribution in [1.82, 2.24) is 10.1 Å². The van der Waals surface area contributed by atoms with Crippen molar-refractivity contribution in [2.75, 3.05) is 16.0 Å². The minimum Gasteiger partial charge on any atom is -0.397 e. The van der Waals surface area contributed by atoms with E-state index in [1.807, 2.05) is 0 Å². The van der Waals surface area contributed by atoms with Gasteiger partial charge in [0.05, 0.1) is 11.4 Å². The molecule has 1 aromatic heterocycles. The lowest BCUT2D eigenvalue weighted by Crippen LogP contribution is -2.41. The number of nitrogens with zero attached hydrogens (tertiary/aromatic N) is 3. The highest BCUT2D eigenvalue weighted by Crippen LogP contribution is 2.32. The highest BCUT2D eigenvalue weighted by molar-refractivity contribution is 6.08. The topological polar surface area (TPSA) is 114 Å². The van der Waals surface area contributed by atoms with Crippen molar-refractivity contribution in [2.45, 2.75) is 25.1 Å². The van der Waals surface area contributed by atoms with E-state index in [1.165, 1.54) is 29.2 Å². The predicted molar refractivity (Wildman–Crippen MR) is 105 cm³/mol. The van der Waals surface area contributed by atoms with E-state index in [0.29, 0.717) is 23.5 Å². The van der Waals surface area contributed by atoms with Crippen LogP contribution in [0.5, 0.6) is 0 Å². The second kappa shape index (κ2) is 7.74. The molecule has 2 amide bonds. The van der Waals surface area contributed by atoms with Crippen molar-refractivity contribution < 1.29 is 27.3 Å². The summed E-state index contributed by atoms with van der Waals surface area (Å²) < 4.78 is 42.2. The summed E-state index contributed by atoms with van der Waals surface area (Å²) in [5, 5.41) is 6.06. The van der Waals surface area contributed by atoms with E-state index >= 15 is 0 Å². The maximum Gasteiger partial charge on any atom is 0.471 e. The van der Waals surface area contributed by atoms with E-state index in [1.54, 1.807) is 24.3 Å². The van der Waals surface area contributed by atoms with Gasteiger partial charge in [-0.1, -0.05) is 17.3 Å². The standard InChI is InChI=1S/C20H16F3N5O3/c21-20(22,23)19-26-17(27-31-19)11-5-7-12(8-6-11)28-15(9-10-16(28)29)18(30)25-14-4-2-1-3-13(14)24/h1-8,15H,9-10,24H2,(H,25,30). The highest BCUT2D eigenvalue weighted by Gasteiger charge is 2.39. The van der Waals surface area contributed by atoms with Gasteiger partial charge in [-0.3, -0.25) is 14.5 Å². The molecule has 1 fully saturated rings. The lowest BCUT2D eigenvalue weighted by molar-refractivity contribution is -0.159. The summed E-state index contributed by atoms with van der Waals surface area (Å²) in [6.45, 7) is 0. The van der Waals surface area contributed by atoms with E-state index in [-0.39, 0.29) is 29.6 Å². The lowest BCUT2D eigenvalue weighted by atomic mass is 10.1. The average molecular weight is 431 g/mol. The molecule has 2 heterocycles. The molecule has 2 aromatic carbocycles. The number of hydrogen-bond acceptors (Lipinski definition) is 6. The maximum atomic E-state index is 12.8. The molecule has 1 aliphatic heterocycles. The van der Waals surface area contributed by atoms with Crippen LogP contribution in [0.15, 0.2) is 53.1 Å². The third-order valence-corrected chi connectivity index (χ3v) is 4.81. The van der Waals surface area contributed by atoms with Crippen LogP contribution in [0.1, 0.15) is 18.7 Å². The summed E-state index contributed by atoms with van der Waals surface area (Å²) in [5.41, 5.74) is 7.39. The molecule has 0 bridgehead atoms. The molecule has 1 aliphatic rings. The monoisotopic (exact) mass is 431 g/mol. The molecule has 0 spiro atoms. The van der Waals surface area contributed by atoms with Crippen molar-refractivity contribution in [3.63, 3.8) is 0 Å². The molecule has 4 rings (SSSR count). The first-order valence-electron chi connectivity index (χ1n) is 9.23. The minimum atomic E-state index is -4.74. The third kappa shape index (κ3) is 4.06. The molecular formula is C20H16F3N5O3. The van der Waals surface area contributed by atoms with Crippen molar-refractivity contribution in [3.05, 3.63) is 54.4 Å². The van der Waals surface area contributed by atoms with Gasteiger partial charge in [-0.15, -0.1) is 0 Å². The van der Waals surface area contributed by atoms with Crippen LogP contribution < -0.4 is 16.0 Å². The Morgan fingerprint density at radius 1 is 1.16 bits per heavy atom. The number of rotatable bonds is 4. The number of carbonyl (C=O) groups excluding carboxylic acids is 2. The van der Waals surface area contributed by atoms with Crippen molar-refractivity contribution in [2.24, 2.45) is 0 Å². The summed E-state index contributed by atoms with van der Waals surface area (Å²) >= 11 is 0. The number of nitrogens with two attached hydrogens (primary N) is 1. The Balaban J connectivity index is 1.54. The molecule has 31 heavy (non-hydrogen) atoms. The second-order valence-corrected chi connectivity index (χ2v) is 6.86.